The summed E-state index contributed by atoms with van der Waals surface area (Å²) in [5.41, 5.74) is -0.471. The largest absolute Gasteiger partial charge is 0.468 e. The Kier molecular flexibility index (Phi) is 4.04. The maximum atomic E-state index is 12.4. The van der Waals surface area contributed by atoms with E-state index >= 15 is 0 Å². The Bertz CT molecular complexity index is 369. The molecule has 2 aliphatic carbocycles. The summed E-state index contributed by atoms with van der Waals surface area (Å²) in [6.45, 7) is 1.99. The van der Waals surface area contributed by atoms with Gasteiger partial charge in [0.2, 0.25) is 0 Å². The highest BCUT2D eigenvalue weighted by atomic mass is 16.5. The number of carbonyl (C=O) groups is 1. The summed E-state index contributed by atoms with van der Waals surface area (Å²) < 4.78 is 5.13. The quantitative estimate of drug-likeness (QED) is 0.780. The van der Waals surface area contributed by atoms with Crippen molar-refractivity contribution in [2.45, 2.75) is 56.5 Å². The van der Waals surface area contributed by atoms with Gasteiger partial charge in [0.25, 0.3) is 0 Å². The molecule has 1 saturated heterocycles. The van der Waals surface area contributed by atoms with Gasteiger partial charge in [0, 0.05) is 12.6 Å². The van der Waals surface area contributed by atoms with Gasteiger partial charge in [0.15, 0.2) is 0 Å². The van der Waals surface area contributed by atoms with Crippen molar-refractivity contribution >= 4 is 5.97 Å². The van der Waals surface area contributed by atoms with Gasteiger partial charge in [0.05, 0.1) is 7.11 Å². The SMILES string of the molecule is CNC(CN1CCC2CCCCC21)(C(=O)OC)C1CC1. The highest BCUT2D eigenvalue weighted by Crippen LogP contribution is 2.43. The number of nitrogens with zero attached hydrogens (tertiary/aromatic N) is 1. The zero-order chi connectivity index (χ0) is 14.2. The van der Waals surface area contributed by atoms with E-state index in [0.29, 0.717) is 12.0 Å². The molecule has 3 fully saturated rings. The third-order valence-corrected chi connectivity index (χ3v) is 5.85. The molecule has 4 nitrogen and oxygen atoms in total. The van der Waals surface area contributed by atoms with Crippen LogP contribution in [0.1, 0.15) is 44.9 Å². The van der Waals surface area contributed by atoms with Crippen molar-refractivity contribution in [3.05, 3.63) is 0 Å². The highest BCUT2D eigenvalue weighted by molar-refractivity contribution is 5.82. The number of fused-ring (bicyclic) bond motifs is 1. The molecular formula is C16H28N2O2. The zero-order valence-electron chi connectivity index (χ0n) is 12.9. The van der Waals surface area contributed by atoms with Crippen molar-refractivity contribution in [2.24, 2.45) is 11.8 Å². The molecule has 0 bridgehead atoms. The standard InChI is InChI=1S/C16H28N2O2/c1-17-16(13-7-8-13,15(19)20-2)11-18-10-9-12-5-3-4-6-14(12)18/h12-14,17H,3-11H2,1-2H3. The number of methoxy groups -OCH3 is 1. The molecule has 20 heavy (non-hydrogen) atoms. The maximum absolute atomic E-state index is 12.4. The second kappa shape index (κ2) is 5.64. The van der Waals surface area contributed by atoms with Gasteiger partial charge < -0.3 is 10.1 Å². The van der Waals surface area contributed by atoms with Crippen LogP contribution in [0.25, 0.3) is 0 Å². The Morgan fingerprint density at radius 2 is 2.00 bits per heavy atom. The predicted octanol–water partition coefficient (Wildman–Crippen LogP) is 1.79. The van der Waals surface area contributed by atoms with Crippen LogP contribution in [-0.2, 0) is 9.53 Å². The molecule has 0 aromatic rings. The number of hydrogen-bond donors (Lipinski definition) is 1. The number of likely N-dealkylation sites (tertiary alicyclic amines) is 1. The van der Waals surface area contributed by atoms with Crippen LogP contribution in [-0.4, -0.2) is 49.7 Å². The van der Waals surface area contributed by atoms with E-state index in [1.807, 2.05) is 7.05 Å². The van der Waals surface area contributed by atoms with Crippen LogP contribution in [0.4, 0.5) is 0 Å². The third-order valence-electron chi connectivity index (χ3n) is 5.85. The molecule has 0 aromatic heterocycles. The summed E-state index contributed by atoms with van der Waals surface area (Å²) in [5, 5.41) is 3.33. The van der Waals surface area contributed by atoms with Crippen molar-refractivity contribution in [3.8, 4) is 0 Å². The van der Waals surface area contributed by atoms with E-state index in [-0.39, 0.29) is 5.97 Å². The van der Waals surface area contributed by atoms with Crippen molar-refractivity contribution in [1.29, 1.82) is 0 Å². The molecule has 0 amide bonds. The average molecular weight is 280 g/mol. The van der Waals surface area contributed by atoms with Crippen molar-refractivity contribution in [3.63, 3.8) is 0 Å². The lowest BCUT2D eigenvalue weighted by atomic mass is 9.84. The van der Waals surface area contributed by atoms with Gasteiger partial charge in [-0.1, -0.05) is 12.8 Å². The Morgan fingerprint density at radius 3 is 2.65 bits per heavy atom. The zero-order valence-corrected chi connectivity index (χ0v) is 12.9. The number of hydrogen-bond acceptors (Lipinski definition) is 4. The molecule has 3 rings (SSSR count). The molecule has 0 aromatic carbocycles. The molecule has 0 radical (unpaired) electrons. The Balaban J connectivity index is 1.74. The lowest BCUT2D eigenvalue weighted by Crippen LogP contribution is -2.61. The second-order valence-electron chi connectivity index (χ2n) is 6.86. The molecule has 3 atom stereocenters. The van der Waals surface area contributed by atoms with Crippen molar-refractivity contribution in [1.82, 2.24) is 10.2 Å². The fourth-order valence-corrected chi connectivity index (χ4v) is 4.52. The first kappa shape index (κ1) is 14.3. The van der Waals surface area contributed by atoms with Crippen LogP contribution in [0.2, 0.25) is 0 Å². The molecule has 1 heterocycles. The predicted molar refractivity (Wildman–Crippen MR) is 78.5 cm³/mol. The van der Waals surface area contributed by atoms with Crippen LogP contribution >= 0.6 is 0 Å². The van der Waals surface area contributed by atoms with Gasteiger partial charge >= 0.3 is 5.97 Å². The van der Waals surface area contributed by atoms with E-state index in [1.54, 1.807) is 0 Å². The monoisotopic (exact) mass is 280 g/mol. The summed E-state index contributed by atoms with van der Waals surface area (Å²) in [6, 6.07) is 0.708. The molecular weight excluding hydrogens is 252 g/mol. The number of ether oxygens (including phenoxy) is 1. The van der Waals surface area contributed by atoms with E-state index in [1.165, 1.54) is 39.2 Å². The number of nitrogens with one attached hydrogen (secondary N) is 1. The van der Waals surface area contributed by atoms with E-state index < -0.39 is 5.54 Å². The first-order valence-electron chi connectivity index (χ1n) is 8.22. The second-order valence-corrected chi connectivity index (χ2v) is 6.86. The van der Waals surface area contributed by atoms with E-state index in [0.717, 1.165) is 31.8 Å². The number of rotatable bonds is 5. The Morgan fingerprint density at radius 1 is 1.25 bits per heavy atom. The van der Waals surface area contributed by atoms with Gasteiger partial charge in [-0.05, 0) is 57.5 Å². The molecule has 3 unspecified atom stereocenters. The molecule has 4 heteroatoms. The van der Waals surface area contributed by atoms with Gasteiger partial charge in [-0.15, -0.1) is 0 Å². The van der Waals surface area contributed by atoms with E-state index in [4.69, 9.17) is 4.74 Å². The van der Waals surface area contributed by atoms with Crippen LogP contribution in [0.3, 0.4) is 0 Å². The first-order chi connectivity index (χ1) is 9.71. The first-order valence-corrected chi connectivity index (χ1v) is 8.22. The van der Waals surface area contributed by atoms with Gasteiger partial charge in [-0.2, -0.15) is 0 Å². The number of carbonyl (C=O) groups excluding carboxylic acids is 1. The van der Waals surface area contributed by atoms with E-state index in [2.05, 4.69) is 10.2 Å². The molecule has 1 N–H and O–H groups in total. The van der Waals surface area contributed by atoms with Crippen LogP contribution < -0.4 is 5.32 Å². The van der Waals surface area contributed by atoms with E-state index in [9.17, 15) is 4.79 Å². The summed E-state index contributed by atoms with van der Waals surface area (Å²) in [7, 11) is 3.44. The minimum absolute atomic E-state index is 0.0678. The summed E-state index contributed by atoms with van der Waals surface area (Å²) >= 11 is 0. The van der Waals surface area contributed by atoms with Crippen LogP contribution in [0, 0.1) is 11.8 Å². The lowest BCUT2D eigenvalue weighted by Gasteiger charge is -2.39. The summed E-state index contributed by atoms with van der Waals surface area (Å²) in [6.07, 6.45) is 9.06. The van der Waals surface area contributed by atoms with Crippen LogP contribution in [0.5, 0.6) is 0 Å². The normalized spacial score (nSPS) is 33.5. The number of likely N-dealkylation sites (N-methyl/N-ethyl adjacent to an activating group) is 1. The topological polar surface area (TPSA) is 41.6 Å². The highest BCUT2D eigenvalue weighted by Gasteiger charge is 2.53. The smallest absolute Gasteiger partial charge is 0.327 e. The molecule has 2 saturated carbocycles. The van der Waals surface area contributed by atoms with Gasteiger partial charge in [0.1, 0.15) is 5.54 Å². The third kappa shape index (κ3) is 2.37. The number of esters is 1. The lowest BCUT2D eigenvalue weighted by molar-refractivity contribution is -0.150. The Labute approximate surface area is 122 Å². The minimum atomic E-state index is -0.471. The van der Waals surface area contributed by atoms with Crippen LogP contribution in [0.15, 0.2) is 0 Å². The fourth-order valence-electron chi connectivity index (χ4n) is 4.52. The van der Waals surface area contributed by atoms with Gasteiger partial charge in [-0.3, -0.25) is 4.90 Å². The summed E-state index contributed by atoms with van der Waals surface area (Å²) in [4.78, 5) is 15.0. The van der Waals surface area contributed by atoms with Crippen molar-refractivity contribution < 1.29 is 9.53 Å². The summed E-state index contributed by atoms with van der Waals surface area (Å²) in [5.74, 6) is 1.26. The minimum Gasteiger partial charge on any atom is -0.468 e. The Hall–Kier alpha value is -0.610. The molecule has 114 valence electrons. The van der Waals surface area contributed by atoms with Gasteiger partial charge in [-0.25, -0.2) is 4.79 Å². The molecule has 3 aliphatic rings. The van der Waals surface area contributed by atoms with Crippen molar-refractivity contribution in [2.75, 3.05) is 27.2 Å². The molecule has 1 aliphatic heterocycles. The molecule has 0 spiro atoms. The average Bonchev–Trinajstić information content (AvgIpc) is 3.27. The maximum Gasteiger partial charge on any atom is 0.327 e. The fraction of sp³-hybridized carbons (Fsp3) is 0.938.